The molecule has 1 fully saturated rings. The number of carbonyl (C=O) groups excluding carboxylic acids is 2. The summed E-state index contributed by atoms with van der Waals surface area (Å²) in [6.45, 7) is 1.12. The zero-order chi connectivity index (χ0) is 24.5. The second kappa shape index (κ2) is 9.31. The molecule has 3 aromatic heterocycles. The first-order valence-electron chi connectivity index (χ1n) is 10.5. The molecular formula is C20H19ClN8O6. The second-order valence-corrected chi connectivity index (χ2v) is 8.07. The number of rotatable bonds is 7. The molecule has 2 N–H and O–H groups in total. The molecule has 0 aromatic carbocycles. The molecule has 14 nitrogen and oxygen atoms in total. The van der Waals surface area contributed by atoms with Crippen LogP contribution in [0.1, 0.15) is 0 Å². The summed E-state index contributed by atoms with van der Waals surface area (Å²) >= 11 is 6.21. The average molecular weight is 503 g/mol. The predicted molar refractivity (Wildman–Crippen MR) is 122 cm³/mol. The lowest BCUT2D eigenvalue weighted by Crippen LogP contribution is -2.33. The van der Waals surface area contributed by atoms with E-state index in [-0.39, 0.29) is 59.6 Å². The van der Waals surface area contributed by atoms with Gasteiger partial charge in [0.15, 0.2) is 23.9 Å². The molecule has 1 atom stereocenters. The Balaban J connectivity index is 1.13. The smallest absolute Gasteiger partial charge is 0.416 e. The Kier molecular flexibility index (Phi) is 6.05. The van der Waals surface area contributed by atoms with Gasteiger partial charge in [0.1, 0.15) is 23.3 Å². The van der Waals surface area contributed by atoms with Gasteiger partial charge < -0.3 is 24.8 Å². The normalized spacial score (nSPS) is 17.1. The van der Waals surface area contributed by atoms with Crippen LogP contribution in [0, 0.1) is 0 Å². The number of fused-ring (bicyclic) bond motifs is 2. The lowest BCUT2D eigenvalue weighted by atomic mass is 10.3. The van der Waals surface area contributed by atoms with E-state index in [1.165, 1.54) is 21.9 Å². The predicted octanol–water partition coefficient (Wildman–Crippen LogP) is 0.0966. The van der Waals surface area contributed by atoms with Gasteiger partial charge in [-0.2, -0.15) is 4.98 Å². The van der Waals surface area contributed by atoms with Crippen LogP contribution in [-0.2, 0) is 16.6 Å². The standard InChI is InChI=1S/C20H19ClN8O6/c1-28-15(31)7-23-12-4-11(21)18(27-17(12)28)33-3-2-22-5-10-8-29(20(32)35-10)13-6-24-19-16(25-13)26-14(30)9-34-19/h4,6-7,10,22H,2-3,5,8-9H2,1H3,(H,25,26,30). The summed E-state index contributed by atoms with van der Waals surface area (Å²) in [6, 6.07) is 1.58. The van der Waals surface area contributed by atoms with Crippen molar-refractivity contribution in [2.45, 2.75) is 6.10 Å². The zero-order valence-corrected chi connectivity index (χ0v) is 19.1. The van der Waals surface area contributed by atoms with Gasteiger partial charge in [-0.05, 0) is 6.07 Å². The van der Waals surface area contributed by atoms with E-state index in [0.717, 1.165) is 0 Å². The highest BCUT2D eigenvalue weighted by atomic mass is 35.5. The fourth-order valence-electron chi connectivity index (χ4n) is 3.50. The number of hydrogen-bond donors (Lipinski definition) is 2. The number of aryl methyl sites for hydroxylation is 1. The fraction of sp³-hybridized carbons (Fsp3) is 0.350. The summed E-state index contributed by atoms with van der Waals surface area (Å²) in [4.78, 5) is 53.5. The van der Waals surface area contributed by atoms with Crippen LogP contribution in [-0.4, -0.2) is 75.5 Å². The number of cyclic esters (lactones) is 1. The van der Waals surface area contributed by atoms with Crippen molar-refractivity contribution in [1.82, 2.24) is 29.8 Å². The Hall–Kier alpha value is -4.04. The van der Waals surface area contributed by atoms with Crippen LogP contribution in [0.3, 0.4) is 0 Å². The molecule has 0 saturated carbocycles. The van der Waals surface area contributed by atoms with Gasteiger partial charge in [-0.25, -0.2) is 19.7 Å². The number of anilines is 2. The van der Waals surface area contributed by atoms with Crippen LogP contribution in [0.25, 0.3) is 11.2 Å². The quantitative estimate of drug-likeness (QED) is 0.421. The molecule has 0 radical (unpaired) electrons. The van der Waals surface area contributed by atoms with E-state index in [4.69, 9.17) is 25.8 Å². The lowest BCUT2D eigenvalue weighted by Gasteiger charge is -2.18. The Morgan fingerprint density at radius 1 is 1.26 bits per heavy atom. The summed E-state index contributed by atoms with van der Waals surface area (Å²) in [5, 5.41) is 5.97. The van der Waals surface area contributed by atoms with Gasteiger partial charge in [-0.3, -0.25) is 19.1 Å². The minimum Gasteiger partial charge on any atom is -0.475 e. The maximum absolute atomic E-state index is 12.3. The maximum atomic E-state index is 12.3. The Morgan fingerprint density at radius 2 is 2.11 bits per heavy atom. The van der Waals surface area contributed by atoms with Crippen molar-refractivity contribution in [3.05, 3.63) is 33.8 Å². The third-order valence-corrected chi connectivity index (χ3v) is 5.50. The Labute approximate surface area is 202 Å². The minimum absolute atomic E-state index is 0.135. The average Bonchev–Trinajstić information content (AvgIpc) is 3.21. The van der Waals surface area contributed by atoms with E-state index in [9.17, 15) is 14.4 Å². The summed E-state index contributed by atoms with van der Waals surface area (Å²) in [6.07, 6.45) is 1.57. The highest BCUT2D eigenvalue weighted by Crippen LogP contribution is 2.27. The van der Waals surface area contributed by atoms with Gasteiger partial charge in [-0.1, -0.05) is 11.6 Å². The second-order valence-electron chi connectivity index (χ2n) is 7.66. The van der Waals surface area contributed by atoms with E-state index < -0.39 is 12.2 Å². The topological polar surface area (TPSA) is 163 Å². The first-order chi connectivity index (χ1) is 16.9. The third kappa shape index (κ3) is 4.65. The molecule has 1 saturated heterocycles. The largest absolute Gasteiger partial charge is 0.475 e. The van der Waals surface area contributed by atoms with E-state index in [1.807, 2.05) is 0 Å². The van der Waals surface area contributed by atoms with Crippen molar-refractivity contribution < 1.29 is 23.8 Å². The van der Waals surface area contributed by atoms with Crippen molar-refractivity contribution in [1.29, 1.82) is 0 Å². The SMILES string of the molecule is Cn1c(=O)cnc2cc(Cl)c(OCCNCC3CN(c4cnc5c(n4)NC(=O)CO5)C(=O)O3)nc21. The Bertz CT molecular complexity index is 1380. The van der Waals surface area contributed by atoms with Crippen LogP contribution < -0.4 is 30.6 Å². The van der Waals surface area contributed by atoms with Crippen LogP contribution in [0.2, 0.25) is 5.02 Å². The number of amides is 2. The van der Waals surface area contributed by atoms with Gasteiger partial charge in [0, 0.05) is 20.1 Å². The van der Waals surface area contributed by atoms with E-state index >= 15 is 0 Å². The molecule has 2 amide bonds. The molecule has 2 aliphatic rings. The molecule has 5 heterocycles. The zero-order valence-electron chi connectivity index (χ0n) is 18.4. The summed E-state index contributed by atoms with van der Waals surface area (Å²) in [5.74, 6) is 0.426. The summed E-state index contributed by atoms with van der Waals surface area (Å²) < 4.78 is 17.6. The molecule has 0 aliphatic carbocycles. The molecule has 2 aliphatic heterocycles. The summed E-state index contributed by atoms with van der Waals surface area (Å²) in [7, 11) is 1.59. The van der Waals surface area contributed by atoms with Gasteiger partial charge >= 0.3 is 6.09 Å². The number of nitrogens with zero attached hydrogens (tertiary/aromatic N) is 6. The van der Waals surface area contributed by atoms with E-state index in [2.05, 4.69) is 30.6 Å². The molecule has 5 rings (SSSR count). The maximum Gasteiger partial charge on any atom is 0.416 e. The van der Waals surface area contributed by atoms with Crippen LogP contribution in [0.5, 0.6) is 11.8 Å². The minimum atomic E-state index is -0.572. The number of halogens is 1. The first kappa shape index (κ1) is 22.7. The molecule has 1 unspecified atom stereocenters. The number of pyridine rings is 1. The number of hydrogen-bond acceptors (Lipinski definition) is 11. The molecule has 182 valence electrons. The van der Waals surface area contributed by atoms with Crippen molar-refractivity contribution in [2.75, 3.05) is 43.1 Å². The van der Waals surface area contributed by atoms with Crippen LogP contribution >= 0.6 is 11.6 Å². The monoisotopic (exact) mass is 502 g/mol. The summed E-state index contributed by atoms with van der Waals surface area (Å²) in [5.41, 5.74) is 0.549. The van der Waals surface area contributed by atoms with E-state index in [1.54, 1.807) is 13.1 Å². The molecular weight excluding hydrogens is 484 g/mol. The number of aromatic nitrogens is 5. The van der Waals surface area contributed by atoms with Gasteiger partial charge in [-0.15, -0.1) is 0 Å². The fourth-order valence-corrected chi connectivity index (χ4v) is 3.70. The molecule has 35 heavy (non-hydrogen) atoms. The highest BCUT2D eigenvalue weighted by molar-refractivity contribution is 6.32. The van der Waals surface area contributed by atoms with Crippen LogP contribution in [0.4, 0.5) is 16.4 Å². The van der Waals surface area contributed by atoms with Gasteiger partial charge in [0.05, 0.1) is 18.9 Å². The number of ether oxygens (including phenoxy) is 3. The van der Waals surface area contributed by atoms with Crippen molar-refractivity contribution >= 4 is 46.4 Å². The van der Waals surface area contributed by atoms with E-state index in [0.29, 0.717) is 24.3 Å². The highest BCUT2D eigenvalue weighted by Gasteiger charge is 2.34. The molecule has 0 spiro atoms. The third-order valence-electron chi connectivity index (χ3n) is 5.23. The van der Waals surface area contributed by atoms with Crippen molar-refractivity contribution in [2.24, 2.45) is 7.05 Å². The molecule has 3 aromatic rings. The van der Waals surface area contributed by atoms with Crippen molar-refractivity contribution in [3.8, 4) is 11.8 Å². The van der Waals surface area contributed by atoms with Crippen molar-refractivity contribution in [3.63, 3.8) is 0 Å². The van der Waals surface area contributed by atoms with Gasteiger partial charge in [0.2, 0.25) is 5.88 Å². The lowest BCUT2D eigenvalue weighted by molar-refractivity contribution is -0.118. The first-order valence-corrected chi connectivity index (χ1v) is 10.9. The van der Waals surface area contributed by atoms with Gasteiger partial charge in [0.25, 0.3) is 17.3 Å². The van der Waals surface area contributed by atoms with Crippen LogP contribution in [0.15, 0.2) is 23.3 Å². The number of carbonyl (C=O) groups is 2. The molecule has 0 bridgehead atoms. The molecule has 15 heteroatoms. The number of nitrogens with one attached hydrogen (secondary N) is 2. The Morgan fingerprint density at radius 3 is 2.97 bits per heavy atom.